The first-order chi connectivity index (χ1) is 20.8. The van der Waals surface area contributed by atoms with E-state index in [2.05, 4.69) is 130 Å². The molecule has 0 N–H and O–H groups in total. The number of hydrogen-bond acceptors (Lipinski definition) is 3. The van der Waals surface area contributed by atoms with Gasteiger partial charge < -0.3 is 0 Å². The lowest BCUT2D eigenvalue weighted by Gasteiger charge is -2.19. The van der Waals surface area contributed by atoms with Crippen molar-refractivity contribution in [2.75, 3.05) is 0 Å². The van der Waals surface area contributed by atoms with E-state index in [-0.39, 0.29) is 0 Å². The first-order valence-corrected chi connectivity index (χ1v) is 15.2. The zero-order valence-electron chi connectivity index (χ0n) is 22.7. The van der Waals surface area contributed by atoms with Gasteiger partial charge in [0.25, 0.3) is 0 Å². The summed E-state index contributed by atoms with van der Waals surface area (Å²) >= 11 is 1.94. The first kappa shape index (κ1) is 23.7. The number of rotatable bonds is 3. The molecule has 1 aliphatic carbocycles. The Morgan fingerprint density at radius 2 is 1.38 bits per heavy atom. The molecule has 0 bridgehead atoms. The monoisotopic (exact) mass is 555 g/mol. The number of nitrogens with zero attached hydrogens (tertiary/aromatic N) is 3. The van der Waals surface area contributed by atoms with Crippen LogP contribution in [0.2, 0.25) is 0 Å². The standard InChI is InChI=1S/C38H25N3S/c1-2-10-24(11-3-1)37-39-40-38-32-16-5-4-14-29(32)33-23-26(20-21-34(33)41(37)38)25-12-8-13-27(22-25)28-17-9-18-31-30-15-6-7-19-35(30)42-36(28)31/h1-17,19-23,31H,18H2. The molecule has 0 spiro atoms. The van der Waals surface area contributed by atoms with Crippen LogP contribution in [0.5, 0.6) is 0 Å². The molecular weight excluding hydrogens is 531 g/mol. The van der Waals surface area contributed by atoms with Gasteiger partial charge in [-0.05, 0) is 63.9 Å². The Balaban J connectivity index is 1.22. The maximum Gasteiger partial charge on any atom is 0.169 e. The van der Waals surface area contributed by atoms with Crippen molar-refractivity contribution in [1.29, 1.82) is 0 Å². The number of fused-ring (bicyclic) bond motifs is 9. The second-order valence-corrected chi connectivity index (χ2v) is 12.1. The lowest BCUT2D eigenvalue weighted by Crippen LogP contribution is -2.01. The van der Waals surface area contributed by atoms with Crippen LogP contribution >= 0.6 is 11.8 Å². The van der Waals surface area contributed by atoms with Crippen molar-refractivity contribution in [3.05, 3.63) is 150 Å². The number of allylic oxidation sites excluding steroid dienone is 4. The summed E-state index contributed by atoms with van der Waals surface area (Å²) in [6.45, 7) is 0. The zero-order chi connectivity index (χ0) is 27.6. The van der Waals surface area contributed by atoms with E-state index in [4.69, 9.17) is 0 Å². The second kappa shape index (κ2) is 9.30. The topological polar surface area (TPSA) is 30.2 Å². The molecular formula is C38H25N3S. The smallest absolute Gasteiger partial charge is 0.169 e. The van der Waals surface area contributed by atoms with Crippen LogP contribution < -0.4 is 0 Å². The van der Waals surface area contributed by atoms with E-state index in [9.17, 15) is 0 Å². The Bertz CT molecular complexity index is 2260. The van der Waals surface area contributed by atoms with E-state index in [0.717, 1.165) is 34.4 Å². The van der Waals surface area contributed by atoms with Crippen LogP contribution in [0.4, 0.5) is 0 Å². The summed E-state index contributed by atoms with van der Waals surface area (Å²) in [6, 6.07) is 43.6. The van der Waals surface area contributed by atoms with Gasteiger partial charge in [0, 0.05) is 32.1 Å². The highest BCUT2D eigenvalue weighted by Gasteiger charge is 2.31. The molecule has 1 aliphatic heterocycles. The van der Waals surface area contributed by atoms with E-state index in [1.165, 1.54) is 48.4 Å². The van der Waals surface area contributed by atoms with Crippen LogP contribution in [0.25, 0.3) is 55.4 Å². The summed E-state index contributed by atoms with van der Waals surface area (Å²) < 4.78 is 2.21. The molecule has 4 heteroatoms. The molecule has 3 nitrogen and oxygen atoms in total. The van der Waals surface area contributed by atoms with Gasteiger partial charge in [-0.3, -0.25) is 4.40 Å². The highest BCUT2D eigenvalue weighted by Crippen LogP contribution is 2.54. The zero-order valence-corrected chi connectivity index (χ0v) is 23.6. The summed E-state index contributed by atoms with van der Waals surface area (Å²) in [6.07, 6.45) is 5.74. The number of hydrogen-bond donors (Lipinski definition) is 0. The van der Waals surface area contributed by atoms with Gasteiger partial charge in [0.05, 0.1) is 5.52 Å². The number of aromatic nitrogens is 3. The van der Waals surface area contributed by atoms with Gasteiger partial charge in [0.15, 0.2) is 11.5 Å². The van der Waals surface area contributed by atoms with Crippen LogP contribution in [-0.4, -0.2) is 14.6 Å². The van der Waals surface area contributed by atoms with Gasteiger partial charge in [0.1, 0.15) is 0 Å². The maximum atomic E-state index is 4.66. The minimum Gasteiger partial charge on any atom is -0.274 e. The second-order valence-electron chi connectivity index (χ2n) is 11.0. The van der Waals surface area contributed by atoms with Gasteiger partial charge in [-0.15, -0.1) is 10.2 Å². The van der Waals surface area contributed by atoms with Gasteiger partial charge in [-0.1, -0.05) is 121 Å². The van der Waals surface area contributed by atoms with Crippen molar-refractivity contribution in [2.45, 2.75) is 17.2 Å². The molecule has 0 radical (unpaired) electrons. The molecule has 1 unspecified atom stereocenters. The average Bonchev–Trinajstić information content (AvgIpc) is 3.68. The predicted octanol–water partition coefficient (Wildman–Crippen LogP) is 9.93. The first-order valence-electron chi connectivity index (χ1n) is 14.4. The summed E-state index contributed by atoms with van der Waals surface area (Å²) in [7, 11) is 0. The van der Waals surface area contributed by atoms with Gasteiger partial charge in [-0.25, -0.2) is 0 Å². The van der Waals surface area contributed by atoms with E-state index in [0.29, 0.717) is 5.92 Å². The Kier molecular flexibility index (Phi) is 5.26. The molecule has 1 atom stereocenters. The summed E-state index contributed by atoms with van der Waals surface area (Å²) in [5.41, 5.74) is 9.55. The summed E-state index contributed by atoms with van der Waals surface area (Å²) in [5, 5.41) is 12.8. The Morgan fingerprint density at radius 1 is 0.619 bits per heavy atom. The Morgan fingerprint density at radius 3 is 2.31 bits per heavy atom. The highest BCUT2D eigenvalue weighted by molar-refractivity contribution is 8.03. The van der Waals surface area contributed by atoms with Gasteiger partial charge in [-0.2, -0.15) is 0 Å². The molecule has 3 heterocycles. The lowest BCUT2D eigenvalue weighted by molar-refractivity contribution is 0.841. The van der Waals surface area contributed by atoms with Crippen molar-refractivity contribution in [2.24, 2.45) is 0 Å². The fourth-order valence-corrected chi connectivity index (χ4v) is 8.05. The fraction of sp³-hybridized carbons (Fsp3) is 0.0526. The van der Waals surface area contributed by atoms with Crippen molar-refractivity contribution < 1.29 is 0 Å². The van der Waals surface area contributed by atoms with E-state index >= 15 is 0 Å². The molecule has 7 aromatic rings. The minimum atomic E-state index is 0.465. The predicted molar refractivity (Wildman–Crippen MR) is 175 cm³/mol. The van der Waals surface area contributed by atoms with Crippen molar-refractivity contribution in [3.63, 3.8) is 0 Å². The number of thioether (sulfide) groups is 1. The molecule has 2 aromatic heterocycles. The van der Waals surface area contributed by atoms with Crippen LogP contribution in [-0.2, 0) is 0 Å². The Labute approximate surface area is 247 Å². The fourth-order valence-electron chi connectivity index (χ4n) is 6.68. The molecule has 0 amide bonds. The molecule has 0 saturated heterocycles. The molecule has 0 saturated carbocycles. The van der Waals surface area contributed by atoms with E-state index < -0.39 is 0 Å². The normalized spacial score (nSPS) is 16.0. The van der Waals surface area contributed by atoms with Crippen molar-refractivity contribution in [3.8, 4) is 22.5 Å². The minimum absolute atomic E-state index is 0.465. The van der Waals surface area contributed by atoms with Gasteiger partial charge in [0.2, 0.25) is 0 Å². The van der Waals surface area contributed by atoms with Crippen LogP contribution in [0.15, 0.2) is 143 Å². The molecule has 2 aliphatic rings. The molecule has 42 heavy (non-hydrogen) atoms. The third kappa shape index (κ3) is 3.55. The van der Waals surface area contributed by atoms with E-state index in [1.807, 2.05) is 30.0 Å². The number of benzene rings is 5. The third-order valence-corrected chi connectivity index (χ3v) is 9.97. The Hall–Kier alpha value is -4.93. The largest absolute Gasteiger partial charge is 0.274 e. The quantitative estimate of drug-likeness (QED) is 0.203. The molecule has 9 rings (SSSR count). The van der Waals surface area contributed by atoms with Gasteiger partial charge >= 0.3 is 0 Å². The maximum absolute atomic E-state index is 4.66. The number of pyridine rings is 1. The summed E-state index contributed by atoms with van der Waals surface area (Å²) in [5.74, 6) is 1.32. The highest BCUT2D eigenvalue weighted by atomic mass is 32.2. The van der Waals surface area contributed by atoms with Crippen LogP contribution in [0.1, 0.15) is 23.5 Å². The third-order valence-electron chi connectivity index (χ3n) is 8.65. The molecule has 0 fully saturated rings. The summed E-state index contributed by atoms with van der Waals surface area (Å²) in [4.78, 5) is 2.87. The molecule has 5 aromatic carbocycles. The van der Waals surface area contributed by atoms with Crippen LogP contribution in [0, 0.1) is 0 Å². The van der Waals surface area contributed by atoms with Crippen LogP contribution in [0.3, 0.4) is 0 Å². The van der Waals surface area contributed by atoms with Crippen molar-refractivity contribution >= 4 is 44.7 Å². The molecule has 198 valence electrons. The average molecular weight is 556 g/mol. The van der Waals surface area contributed by atoms with E-state index in [1.54, 1.807) is 0 Å². The SMILES string of the molecule is C1=CC(c2cccc(-c3ccc4c(c3)c3ccccc3c3nnc(-c5ccccc5)n43)c2)=C2Sc3ccccc3C2C1. The lowest BCUT2D eigenvalue weighted by atomic mass is 9.87. The van der Waals surface area contributed by atoms with Crippen molar-refractivity contribution in [1.82, 2.24) is 14.6 Å².